The van der Waals surface area contributed by atoms with E-state index in [-0.39, 0.29) is 0 Å². The Kier molecular flexibility index (Phi) is 3.42. The van der Waals surface area contributed by atoms with E-state index >= 15 is 0 Å². The van der Waals surface area contributed by atoms with Crippen molar-refractivity contribution < 1.29 is 5.11 Å². The number of aryl methyl sites for hydroxylation is 2. The Morgan fingerprint density at radius 2 is 2.00 bits per heavy atom. The lowest BCUT2D eigenvalue weighted by Gasteiger charge is -2.10. The SMILES string of the molecule is OC(Cc1ccc2c(c1)CCC2)c1ccc(Cl)s1. The van der Waals surface area contributed by atoms with Gasteiger partial charge in [-0.05, 0) is 48.1 Å². The lowest BCUT2D eigenvalue weighted by molar-refractivity contribution is 0.182. The monoisotopic (exact) mass is 278 g/mol. The minimum atomic E-state index is -0.443. The van der Waals surface area contributed by atoms with Crippen LogP contribution < -0.4 is 0 Å². The Bertz CT molecular complexity index is 561. The maximum Gasteiger partial charge on any atom is 0.0932 e. The van der Waals surface area contributed by atoms with Gasteiger partial charge in [0.05, 0.1) is 10.4 Å². The highest BCUT2D eigenvalue weighted by Gasteiger charge is 2.14. The van der Waals surface area contributed by atoms with Gasteiger partial charge in [-0.15, -0.1) is 11.3 Å². The van der Waals surface area contributed by atoms with Crippen LogP contribution >= 0.6 is 22.9 Å². The van der Waals surface area contributed by atoms with Crippen LogP contribution in [0.2, 0.25) is 4.34 Å². The summed E-state index contributed by atoms with van der Waals surface area (Å²) in [5, 5.41) is 10.2. The second kappa shape index (κ2) is 5.04. The summed E-state index contributed by atoms with van der Waals surface area (Å²) in [5.74, 6) is 0. The first-order chi connectivity index (χ1) is 8.72. The largest absolute Gasteiger partial charge is 0.387 e. The van der Waals surface area contributed by atoms with Crippen LogP contribution in [-0.2, 0) is 19.3 Å². The molecule has 94 valence electrons. The number of fused-ring (bicyclic) bond motifs is 1. The fraction of sp³-hybridized carbons (Fsp3) is 0.333. The topological polar surface area (TPSA) is 20.2 Å². The molecule has 0 radical (unpaired) electrons. The van der Waals surface area contributed by atoms with E-state index in [2.05, 4.69) is 18.2 Å². The van der Waals surface area contributed by atoms with Crippen LogP contribution in [0.1, 0.15) is 34.1 Å². The molecule has 0 saturated heterocycles. The minimum absolute atomic E-state index is 0.443. The predicted octanol–water partition coefficient (Wildman–Crippen LogP) is 4.17. The van der Waals surface area contributed by atoms with Gasteiger partial charge >= 0.3 is 0 Å². The maximum absolute atomic E-state index is 10.2. The molecule has 0 amide bonds. The van der Waals surface area contributed by atoms with Crippen molar-refractivity contribution in [2.24, 2.45) is 0 Å². The summed E-state index contributed by atoms with van der Waals surface area (Å²) in [5.41, 5.74) is 4.16. The normalized spacial score (nSPS) is 15.7. The minimum Gasteiger partial charge on any atom is -0.387 e. The van der Waals surface area contributed by atoms with Gasteiger partial charge in [0.2, 0.25) is 0 Å². The Balaban J connectivity index is 1.76. The Morgan fingerprint density at radius 1 is 1.17 bits per heavy atom. The molecule has 0 bridgehead atoms. The zero-order valence-electron chi connectivity index (χ0n) is 10.0. The number of hydrogen-bond donors (Lipinski definition) is 1. The van der Waals surface area contributed by atoms with E-state index in [0.717, 1.165) is 9.21 Å². The van der Waals surface area contributed by atoms with Crippen LogP contribution in [0.3, 0.4) is 0 Å². The fourth-order valence-electron chi connectivity index (χ4n) is 2.58. The molecular formula is C15H15ClOS. The summed E-state index contributed by atoms with van der Waals surface area (Å²) in [7, 11) is 0. The molecule has 18 heavy (non-hydrogen) atoms. The number of aliphatic hydroxyl groups is 1. The predicted molar refractivity (Wildman–Crippen MR) is 76.5 cm³/mol. The maximum atomic E-state index is 10.2. The first kappa shape index (κ1) is 12.2. The van der Waals surface area contributed by atoms with Crippen molar-refractivity contribution in [1.82, 2.24) is 0 Å². The summed E-state index contributed by atoms with van der Waals surface area (Å²) < 4.78 is 0.734. The van der Waals surface area contributed by atoms with E-state index in [9.17, 15) is 5.11 Å². The van der Waals surface area contributed by atoms with Crippen LogP contribution in [0.4, 0.5) is 0 Å². The van der Waals surface area contributed by atoms with Crippen LogP contribution in [-0.4, -0.2) is 5.11 Å². The molecule has 1 aromatic carbocycles. The summed E-state index contributed by atoms with van der Waals surface area (Å²) in [6, 6.07) is 10.4. The van der Waals surface area contributed by atoms with E-state index < -0.39 is 6.10 Å². The Hall–Kier alpha value is -0.830. The highest BCUT2D eigenvalue weighted by molar-refractivity contribution is 7.16. The molecule has 3 rings (SSSR count). The summed E-state index contributed by atoms with van der Waals surface area (Å²) in [6.45, 7) is 0. The van der Waals surface area contributed by atoms with Crippen molar-refractivity contribution >= 4 is 22.9 Å². The van der Waals surface area contributed by atoms with Crippen molar-refractivity contribution in [1.29, 1.82) is 0 Å². The molecule has 1 nitrogen and oxygen atoms in total. The van der Waals surface area contributed by atoms with Gasteiger partial charge in [-0.1, -0.05) is 29.8 Å². The van der Waals surface area contributed by atoms with Gasteiger partial charge in [0.25, 0.3) is 0 Å². The van der Waals surface area contributed by atoms with Gasteiger partial charge in [0, 0.05) is 11.3 Å². The third-order valence-corrected chi connectivity index (χ3v) is 4.85. The highest BCUT2D eigenvalue weighted by Crippen LogP contribution is 2.30. The zero-order valence-corrected chi connectivity index (χ0v) is 11.6. The van der Waals surface area contributed by atoms with Crippen LogP contribution in [0.5, 0.6) is 0 Å². The quantitative estimate of drug-likeness (QED) is 0.894. The van der Waals surface area contributed by atoms with E-state index in [1.807, 2.05) is 12.1 Å². The number of halogens is 1. The summed E-state index contributed by atoms with van der Waals surface area (Å²) in [4.78, 5) is 0.945. The molecule has 1 aliphatic carbocycles. The van der Waals surface area contributed by atoms with E-state index in [0.29, 0.717) is 6.42 Å². The first-order valence-corrected chi connectivity index (χ1v) is 7.46. The molecule has 1 aliphatic rings. The van der Waals surface area contributed by atoms with Gasteiger partial charge in [0.1, 0.15) is 0 Å². The fourth-order valence-corrected chi connectivity index (χ4v) is 3.63. The molecule has 2 aromatic rings. The van der Waals surface area contributed by atoms with Crippen molar-refractivity contribution in [3.05, 3.63) is 56.2 Å². The Labute approximate surface area is 116 Å². The van der Waals surface area contributed by atoms with Crippen molar-refractivity contribution in [2.45, 2.75) is 31.8 Å². The molecule has 1 atom stereocenters. The highest BCUT2D eigenvalue weighted by atomic mass is 35.5. The molecule has 0 fully saturated rings. The van der Waals surface area contributed by atoms with Crippen molar-refractivity contribution in [3.63, 3.8) is 0 Å². The van der Waals surface area contributed by atoms with E-state index in [1.165, 1.54) is 47.3 Å². The first-order valence-electron chi connectivity index (χ1n) is 6.26. The second-order valence-corrected chi connectivity index (χ2v) is 6.57. The molecule has 0 aliphatic heterocycles. The summed E-state index contributed by atoms with van der Waals surface area (Å²) in [6.07, 6.45) is 3.89. The molecule has 3 heteroatoms. The molecule has 0 spiro atoms. The number of aliphatic hydroxyl groups excluding tert-OH is 1. The van der Waals surface area contributed by atoms with Gasteiger partial charge in [-0.25, -0.2) is 0 Å². The smallest absolute Gasteiger partial charge is 0.0932 e. The van der Waals surface area contributed by atoms with Crippen LogP contribution in [0.25, 0.3) is 0 Å². The number of thiophene rings is 1. The number of benzene rings is 1. The van der Waals surface area contributed by atoms with Gasteiger partial charge in [0.15, 0.2) is 0 Å². The van der Waals surface area contributed by atoms with E-state index in [1.54, 1.807) is 0 Å². The number of rotatable bonds is 3. The number of hydrogen-bond acceptors (Lipinski definition) is 2. The molecular weight excluding hydrogens is 264 g/mol. The molecule has 1 unspecified atom stereocenters. The molecule has 0 saturated carbocycles. The van der Waals surface area contributed by atoms with E-state index in [4.69, 9.17) is 11.6 Å². The molecule has 1 N–H and O–H groups in total. The molecule has 1 heterocycles. The van der Waals surface area contributed by atoms with Crippen molar-refractivity contribution in [2.75, 3.05) is 0 Å². The van der Waals surface area contributed by atoms with Gasteiger partial charge in [-0.2, -0.15) is 0 Å². The summed E-state index contributed by atoms with van der Waals surface area (Å²) >= 11 is 7.35. The van der Waals surface area contributed by atoms with Crippen LogP contribution in [0, 0.1) is 0 Å². The standard InChI is InChI=1S/C15H15ClOS/c16-15-7-6-14(18-15)13(17)9-10-4-5-11-2-1-3-12(11)8-10/h4-8,13,17H,1-3,9H2. The van der Waals surface area contributed by atoms with Gasteiger partial charge < -0.3 is 5.11 Å². The average molecular weight is 279 g/mol. The zero-order chi connectivity index (χ0) is 12.5. The average Bonchev–Trinajstić information content (AvgIpc) is 2.96. The van der Waals surface area contributed by atoms with Crippen LogP contribution in [0.15, 0.2) is 30.3 Å². The third-order valence-electron chi connectivity index (χ3n) is 3.51. The van der Waals surface area contributed by atoms with Crippen molar-refractivity contribution in [3.8, 4) is 0 Å². The Morgan fingerprint density at radius 3 is 2.78 bits per heavy atom. The third kappa shape index (κ3) is 2.46. The second-order valence-electron chi connectivity index (χ2n) is 4.82. The molecule has 1 aromatic heterocycles. The van der Waals surface area contributed by atoms with Gasteiger partial charge in [-0.3, -0.25) is 0 Å². The lowest BCUT2D eigenvalue weighted by Crippen LogP contribution is -2.00. The lowest BCUT2D eigenvalue weighted by atomic mass is 10.0.